The zero-order valence-electron chi connectivity index (χ0n) is 15.2. The zero-order chi connectivity index (χ0) is 18.8. The summed E-state index contributed by atoms with van der Waals surface area (Å²) in [6.07, 6.45) is 0.278. The van der Waals surface area contributed by atoms with E-state index in [2.05, 4.69) is 17.3 Å². The highest BCUT2D eigenvalue weighted by Gasteiger charge is 2.18. The van der Waals surface area contributed by atoms with Crippen LogP contribution >= 0.6 is 0 Å². The maximum absolute atomic E-state index is 11.2. The lowest BCUT2D eigenvalue weighted by atomic mass is 10.0. The standard InChI is InChI=1S/C21H25NO4/c1-3-25-20(21(23)24)15-18-10-7-11-19(14-18)16(2)22-26-13-12-17-8-5-4-6-9-17/h4-11,14,20H,3,12-13,15H2,1-2H3,(H,23,24)/b22-16+/t20-/m0/s1. The number of hydrogen-bond acceptors (Lipinski definition) is 4. The smallest absolute Gasteiger partial charge is 0.333 e. The Labute approximate surface area is 154 Å². The fourth-order valence-electron chi connectivity index (χ4n) is 2.56. The van der Waals surface area contributed by atoms with Gasteiger partial charge in [-0.3, -0.25) is 0 Å². The lowest BCUT2D eigenvalue weighted by molar-refractivity contribution is -0.149. The monoisotopic (exact) mass is 355 g/mol. The van der Waals surface area contributed by atoms with Gasteiger partial charge in [0, 0.05) is 19.4 Å². The van der Waals surface area contributed by atoms with Crippen LogP contribution in [0.4, 0.5) is 0 Å². The minimum atomic E-state index is -0.952. The number of aliphatic carboxylic acids is 1. The molecule has 0 unspecified atom stereocenters. The number of oxime groups is 1. The van der Waals surface area contributed by atoms with Gasteiger partial charge in [0.2, 0.25) is 0 Å². The molecular weight excluding hydrogens is 330 g/mol. The zero-order valence-corrected chi connectivity index (χ0v) is 15.2. The molecule has 1 atom stereocenters. The fourth-order valence-corrected chi connectivity index (χ4v) is 2.56. The lowest BCUT2D eigenvalue weighted by Gasteiger charge is -2.13. The van der Waals surface area contributed by atoms with E-state index in [4.69, 9.17) is 9.57 Å². The van der Waals surface area contributed by atoms with E-state index in [0.29, 0.717) is 19.6 Å². The van der Waals surface area contributed by atoms with Gasteiger partial charge >= 0.3 is 5.97 Å². The molecule has 26 heavy (non-hydrogen) atoms. The first-order valence-electron chi connectivity index (χ1n) is 8.74. The van der Waals surface area contributed by atoms with Gasteiger partial charge in [-0.2, -0.15) is 0 Å². The predicted molar refractivity (Wildman–Crippen MR) is 102 cm³/mol. The number of benzene rings is 2. The Kier molecular flexibility index (Phi) is 7.83. The molecule has 0 saturated heterocycles. The van der Waals surface area contributed by atoms with Crippen LogP contribution in [0.2, 0.25) is 0 Å². The quantitative estimate of drug-likeness (QED) is 0.401. The summed E-state index contributed by atoms with van der Waals surface area (Å²) in [5.74, 6) is -0.952. The van der Waals surface area contributed by atoms with Crippen molar-refractivity contribution in [3.05, 3.63) is 71.3 Å². The molecule has 1 N–H and O–H groups in total. The molecule has 2 aromatic rings. The summed E-state index contributed by atoms with van der Waals surface area (Å²) in [4.78, 5) is 16.7. The SMILES string of the molecule is CCO[C@@H](Cc1cccc(/C(C)=N/OCCc2ccccc2)c1)C(=O)O. The Bertz CT molecular complexity index is 728. The van der Waals surface area contributed by atoms with Gasteiger partial charge in [0.05, 0.1) is 5.71 Å². The van der Waals surface area contributed by atoms with Gasteiger partial charge in [0.1, 0.15) is 6.61 Å². The second-order valence-electron chi connectivity index (χ2n) is 5.93. The number of nitrogens with zero attached hydrogens (tertiary/aromatic N) is 1. The number of ether oxygens (including phenoxy) is 1. The first kappa shape index (κ1) is 19.7. The van der Waals surface area contributed by atoms with E-state index in [0.717, 1.165) is 23.3 Å². The topological polar surface area (TPSA) is 68.1 Å². The molecule has 0 fully saturated rings. The normalized spacial score (nSPS) is 12.6. The Morgan fingerprint density at radius 2 is 1.85 bits per heavy atom. The number of carboxylic acid groups (broad SMARTS) is 1. The maximum atomic E-state index is 11.2. The molecule has 138 valence electrons. The van der Waals surface area contributed by atoms with Crippen molar-refractivity contribution < 1.29 is 19.5 Å². The molecule has 5 heteroatoms. The van der Waals surface area contributed by atoms with Crippen LogP contribution in [0.5, 0.6) is 0 Å². The molecule has 0 heterocycles. The van der Waals surface area contributed by atoms with E-state index in [9.17, 15) is 9.90 Å². The third-order valence-electron chi connectivity index (χ3n) is 3.94. The van der Waals surface area contributed by atoms with Crippen molar-refractivity contribution in [2.24, 2.45) is 5.16 Å². The van der Waals surface area contributed by atoms with Gasteiger partial charge in [0.15, 0.2) is 6.10 Å². The predicted octanol–water partition coefficient (Wildman–Crippen LogP) is 3.70. The Morgan fingerprint density at radius 3 is 2.54 bits per heavy atom. The molecule has 0 aliphatic rings. The Morgan fingerprint density at radius 1 is 1.12 bits per heavy atom. The van der Waals surface area contributed by atoms with E-state index in [1.54, 1.807) is 6.92 Å². The molecule has 0 saturated carbocycles. The summed E-state index contributed by atoms with van der Waals surface area (Å²) in [5, 5.41) is 13.4. The van der Waals surface area contributed by atoms with E-state index >= 15 is 0 Å². The number of carbonyl (C=O) groups is 1. The van der Waals surface area contributed by atoms with Crippen LogP contribution in [0.3, 0.4) is 0 Å². The highest BCUT2D eigenvalue weighted by atomic mass is 16.6. The van der Waals surface area contributed by atoms with Gasteiger partial charge in [-0.1, -0.05) is 53.7 Å². The molecule has 0 amide bonds. The van der Waals surface area contributed by atoms with Gasteiger partial charge < -0.3 is 14.7 Å². The summed E-state index contributed by atoms with van der Waals surface area (Å²) in [5.41, 5.74) is 3.76. The highest BCUT2D eigenvalue weighted by Crippen LogP contribution is 2.11. The van der Waals surface area contributed by atoms with Gasteiger partial charge in [0.25, 0.3) is 0 Å². The van der Waals surface area contributed by atoms with Crippen LogP contribution in [-0.2, 0) is 27.2 Å². The lowest BCUT2D eigenvalue weighted by Crippen LogP contribution is -2.26. The van der Waals surface area contributed by atoms with Crippen LogP contribution in [0, 0.1) is 0 Å². The molecular formula is C21H25NO4. The molecule has 5 nitrogen and oxygen atoms in total. The average Bonchev–Trinajstić information content (AvgIpc) is 2.65. The first-order valence-corrected chi connectivity index (χ1v) is 8.74. The van der Waals surface area contributed by atoms with E-state index in [-0.39, 0.29) is 0 Å². The number of carboxylic acids is 1. The van der Waals surface area contributed by atoms with Crippen molar-refractivity contribution in [1.82, 2.24) is 0 Å². The highest BCUT2D eigenvalue weighted by molar-refractivity contribution is 5.98. The van der Waals surface area contributed by atoms with Crippen LogP contribution in [-0.4, -0.2) is 36.1 Å². The largest absolute Gasteiger partial charge is 0.479 e. The summed E-state index contributed by atoms with van der Waals surface area (Å²) in [6.45, 7) is 4.54. The van der Waals surface area contributed by atoms with Gasteiger partial charge in [-0.25, -0.2) is 4.79 Å². The van der Waals surface area contributed by atoms with Crippen molar-refractivity contribution in [3.63, 3.8) is 0 Å². The number of hydrogen-bond donors (Lipinski definition) is 1. The van der Waals surface area contributed by atoms with E-state index < -0.39 is 12.1 Å². The maximum Gasteiger partial charge on any atom is 0.333 e. The van der Waals surface area contributed by atoms with E-state index in [1.807, 2.05) is 49.4 Å². The van der Waals surface area contributed by atoms with Crippen molar-refractivity contribution in [2.45, 2.75) is 32.8 Å². The second-order valence-corrected chi connectivity index (χ2v) is 5.93. The molecule has 2 aromatic carbocycles. The number of rotatable bonds is 10. The van der Waals surface area contributed by atoms with Crippen LogP contribution in [0.25, 0.3) is 0 Å². The molecule has 0 aliphatic heterocycles. The molecule has 0 spiro atoms. The third-order valence-corrected chi connectivity index (χ3v) is 3.94. The minimum Gasteiger partial charge on any atom is -0.479 e. The molecule has 0 radical (unpaired) electrons. The molecule has 0 aromatic heterocycles. The van der Waals surface area contributed by atoms with Crippen molar-refractivity contribution >= 4 is 11.7 Å². The van der Waals surface area contributed by atoms with Gasteiger partial charge in [-0.15, -0.1) is 0 Å². The first-order chi connectivity index (χ1) is 12.6. The van der Waals surface area contributed by atoms with Crippen molar-refractivity contribution in [3.8, 4) is 0 Å². The van der Waals surface area contributed by atoms with E-state index in [1.165, 1.54) is 5.56 Å². The van der Waals surface area contributed by atoms with Crippen molar-refractivity contribution in [2.75, 3.05) is 13.2 Å². The second kappa shape index (κ2) is 10.4. The Balaban J connectivity index is 1.93. The van der Waals surface area contributed by atoms with Gasteiger partial charge in [-0.05, 0) is 36.6 Å². The molecule has 2 rings (SSSR count). The Hall–Kier alpha value is -2.66. The van der Waals surface area contributed by atoms with Crippen molar-refractivity contribution in [1.29, 1.82) is 0 Å². The average molecular weight is 355 g/mol. The third kappa shape index (κ3) is 6.33. The molecule has 0 bridgehead atoms. The summed E-state index contributed by atoms with van der Waals surface area (Å²) >= 11 is 0. The van der Waals surface area contributed by atoms with Crippen LogP contribution in [0.15, 0.2) is 59.8 Å². The summed E-state index contributed by atoms with van der Waals surface area (Å²) in [6, 6.07) is 17.7. The summed E-state index contributed by atoms with van der Waals surface area (Å²) in [7, 11) is 0. The molecule has 0 aliphatic carbocycles. The summed E-state index contributed by atoms with van der Waals surface area (Å²) < 4.78 is 5.27. The van der Waals surface area contributed by atoms with Crippen LogP contribution < -0.4 is 0 Å². The minimum absolute atomic E-state index is 0.319. The fraction of sp³-hybridized carbons (Fsp3) is 0.333. The van der Waals surface area contributed by atoms with Crippen LogP contribution in [0.1, 0.15) is 30.5 Å².